The predicted octanol–water partition coefficient (Wildman–Crippen LogP) is 4.43. The molecule has 0 aliphatic carbocycles. The number of halogens is 1. The molecule has 2 aromatic rings. The van der Waals surface area contributed by atoms with Crippen LogP contribution < -0.4 is 5.32 Å². The van der Waals surface area contributed by atoms with Crippen molar-refractivity contribution in [2.45, 2.75) is 20.4 Å². The van der Waals surface area contributed by atoms with E-state index in [4.69, 9.17) is 11.6 Å². The van der Waals surface area contributed by atoms with Gasteiger partial charge in [-0.25, -0.2) is 0 Å². The van der Waals surface area contributed by atoms with Crippen molar-refractivity contribution in [2.75, 3.05) is 18.4 Å². The van der Waals surface area contributed by atoms with Crippen molar-refractivity contribution >= 4 is 23.2 Å². The molecule has 0 unspecified atom stereocenters. The highest BCUT2D eigenvalue weighted by molar-refractivity contribution is 6.31. The number of benzene rings is 2. The van der Waals surface area contributed by atoms with Crippen LogP contribution in [-0.4, -0.2) is 23.9 Å². The van der Waals surface area contributed by atoms with Gasteiger partial charge < -0.3 is 5.32 Å². The number of carbonyl (C=O) groups is 1. The first-order valence-corrected chi connectivity index (χ1v) is 7.88. The van der Waals surface area contributed by atoms with Crippen LogP contribution in [0.5, 0.6) is 0 Å². The summed E-state index contributed by atoms with van der Waals surface area (Å²) in [6.07, 6.45) is 0. The van der Waals surface area contributed by atoms with Crippen molar-refractivity contribution < 1.29 is 4.79 Å². The molecule has 0 fully saturated rings. The molecule has 0 heterocycles. The minimum atomic E-state index is -0.150. The van der Waals surface area contributed by atoms with Crippen LogP contribution >= 0.6 is 11.6 Å². The van der Waals surface area contributed by atoms with Crippen LogP contribution in [0.2, 0.25) is 5.02 Å². The van der Waals surface area contributed by atoms with E-state index in [1.165, 1.54) is 5.56 Å². The molecular weight excluding hydrogens is 296 g/mol. The van der Waals surface area contributed by atoms with E-state index < -0.39 is 0 Å². The third-order valence-corrected chi connectivity index (χ3v) is 3.81. The second-order valence-corrected chi connectivity index (χ2v) is 5.56. The van der Waals surface area contributed by atoms with Crippen LogP contribution in [0, 0.1) is 0 Å². The average Bonchev–Trinajstić information content (AvgIpc) is 2.53. The zero-order valence-electron chi connectivity index (χ0n) is 13.0. The maximum atomic E-state index is 12.2. The minimum absolute atomic E-state index is 0.150. The van der Waals surface area contributed by atoms with Crippen LogP contribution in [-0.2, 0) is 6.54 Å². The first kappa shape index (κ1) is 16.5. The molecule has 116 valence electrons. The molecule has 0 radical (unpaired) electrons. The van der Waals surface area contributed by atoms with Gasteiger partial charge in [-0.3, -0.25) is 9.69 Å². The first-order chi connectivity index (χ1) is 10.6. The third-order valence-electron chi connectivity index (χ3n) is 3.57. The van der Waals surface area contributed by atoms with Crippen LogP contribution in [0.3, 0.4) is 0 Å². The summed E-state index contributed by atoms with van der Waals surface area (Å²) in [4.78, 5) is 14.6. The summed E-state index contributed by atoms with van der Waals surface area (Å²) >= 11 is 5.92. The lowest BCUT2D eigenvalue weighted by Gasteiger charge is -2.18. The number of rotatable bonds is 6. The Labute approximate surface area is 136 Å². The molecule has 4 heteroatoms. The Bertz CT molecular complexity index is 638. The van der Waals surface area contributed by atoms with Crippen molar-refractivity contribution in [3.05, 3.63) is 64.7 Å². The first-order valence-electron chi connectivity index (χ1n) is 7.50. The molecule has 0 aliphatic heterocycles. The fourth-order valence-electron chi connectivity index (χ4n) is 2.29. The SMILES string of the molecule is CCN(CC)Cc1cccc(NC(=O)c2cccc(Cl)c2)c1. The molecule has 0 aromatic heterocycles. The van der Waals surface area contributed by atoms with E-state index >= 15 is 0 Å². The second-order valence-electron chi connectivity index (χ2n) is 5.13. The van der Waals surface area contributed by atoms with E-state index in [2.05, 4.69) is 30.1 Å². The Morgan fingerprint density at radius 2 is 1.82 bits per heavy atom. The molecule has 0 aliphatic rings. The summed E-state index contributed by atoms with van der Waals surface area (Å²) in [6, 6.07) is 14.9. The molecule has 0 saturated heterocycles. The lowest BCUT2D eigenvalue weighted by atomic mass is 10.1. The standard InChI is InChI=1S/C18H21ClN2O/c1-3-21(4-2)13-14-7-5-10-17(11-14)20-18(22)15-8-6-9-16(19)12-15/h5-12H,3-4,13H2,1-2H3,(H,20,22). The second kappa shape index (κ2) is 7.97. The van der Waals surface area contributed by atoms with E-state index in [0.717, 1.165) is 25.3 Å². The predicted molar refractivity (Wildman–Crippen MR) is 92.5 cm³/mol. The normalized spacial score (nSPS) is 10.7. The Morgan fingerprint density at radius 1 is 1.09 bits per heavy atom. The Hall–Kier alpha value is -1.84. The highest BCUT2D eigenvalue weighted by Crippen LogP contribution is 2.16. The van der Waals surface area contributed by atoms with E-state index in [1.807, 2.05) is 18.2 Å². The molecule has 2 aromatic carbocycles. The molecule has 0 bridgehead atoms. The van der Waals surface area contributed by atoms with Gasteiger partial charge in [0.25, 0.3) is 5.91 Å². The molecule has 0 spiro atoms. The van der Waals surface area contributed by atoms with Gasteiger partial charge in [0.1, 0.15) is 0 Å². The monoisotopic (exact) mass is 316 g/mol. The molecule has 3 nitrogen and oxygen atoms in total. The third kappa shape index (κ3) is 4.58. The number of nitrogens with one attached hydrogen (secondary N) is 1. The number of hydrogen-bond acceptors (Lipinski definition) is 2. The summed E-state index contributed by atoms with van der Waals surface area (Å²) in [5.41, 5.74) is 2.55. The number of anilines is 1. The Kier molecular flexibility index (Phi) is 5.99. The van der Waals surface area contributed by atoms with Crippen molar-refractivity contribution in [1.29, 1.82) is 0 Å². The quantitative estimate of drug-likeness (QED) is 0.854. The van der Waals surface area contributed by atoms with Gasteiger partial charge in [0, 0.05) is 22.8 Å². The van der Waals surface area contributed by atoms with Gasteiger partial charge in [-0.15, -0.1) is 0 Å². The smallest absolute Gasteiger partial charge is 0.255 e. The lowest BCUT2D eigenvalue weighted by Crippen LogP contribution is -2.22. The van der Waals surface area contributed by atoms with E-state index in [1.54, 1.807) is 24.3 Å². The molecule has 22 heavy (non-hydrogen) atoms. The summed E-state index contributed by atoms with van der Waals surface area (Å²) in [6.45, 7) is 7.20. The van der Waals surface area contributed by atoms with Gasteiger partial charge in [-0.05, 0) is 49.0 Å². The van der Waals surface area contributed by atoms with Crippen LogP contribution in [0.4, 0.5) is 5.69 Å². The van der Waals surface area contributed by atoms with Crippen LogP contribution in [0.15, 0.2) is 48.5 Å². The van der Waals surface area contributed by atoms with E-state index in [0.29, 0.717) is 10.6 Å². The maximum Gasteiger partial charge on any atom is 0.255 e. The van der Waals surface area contributed by atoms with Gasteiger partial charge in [0.15, 0.2) is 0 Å². The van der Waals surface area contributed by atoms with Gasteiger partial charge >= 0.3 is 0 Å². The summed E-state index contributed by atoms with van der Waals surface area (Å²) in [5, 5.41) is 3.48. The molecule has 1 amide bonds. The number of nitrogens with zero attached hydrogens (tertiary/aromatic N) is 1. The van der Waals surface area contributed by atoms with Crippen molar-refractivity contribution in [2.24, 2.45) is 0 Å². The number of amides is 1. The minimum Gasteiger partial charge on any atom is -0.322 e. The number of carbonyl (C=O) groups excluding carboxylic acids is 1. The van der Waals surface area contributed by atoms with Gasteiger partial charge in [-0.1, -0.05) is 43.6 Å². The Balaban J connectivity index is 2.08. The average molecular weight is 317 g/mol. The van der Waals surface area contributed by atoms with Gasteiger partial charge in [0.05, 0.1) is 0 Å². The van der Waals surface area contributed by atoms with E-state index in [-0.39, 0.29) is 5.91 Å². The van der Waals surface area contributed by atoms with Gasteiger partial charge in [-0.2, -0.15) is 0 Å². The van der Waals surface area contributed by atoms with Crippen molar-refractivity contribution in [1.82, 2.24) is 4.90 Å². The molecular formula is C18H21ClN2O. The highest BCUT2D eigenvalue weighted by Gasteiger charge is 2.07. The van der Waals surface area contributed by atoms with Gasteiger partial charge in [0.2, 0.25) is 0 Å². The topological polar surface area (TPSA) is 32.3 Å². The van der Waals surface area contributed by atoms with Crippen LogP contribution in [0.1, 0.15) is 29.8 Å². The largest absolute Gasteiger partial charge is 0.322 e. The summed E-state index contributed by atoms with van der Waals surface area (Å²) in [7, 11) is 0. The fraction of sp³-hybridized carbons (Fsp3) is 0.278. The summed E-state index contributed by atoms with van der Waals surface area (Å²) < 4.78 is 0. The summed E-state index contributed by atoms with van der Waals surface area (Å²) in [5.74, 6) is -0.150. The zero-order valence-corrected chi connectivity index (χ0v) is 13.7. The number of hydrogen-bond donors (Lipinski definition) is 1. The van der Waals surface area contributed by atoms with Crippen molar-refractivity contribution in [3.63, 3.8) is 0 Å². The van der Waals surface area contributed by atoms with Crippen LogP contribution in [0.25, 0.3) is 0 Å². The molecule has 1 N–H and O–H groups in total. The highest BCUT2D eigenvalue weighted by atomic mass is 35.5. The molecule has 0 saturated carbocycles. The zero-order chi connectivity index (χ0) is 15.9. The van der Waals surface area contributed by atoms with E-state index in [9.17, 15) is 4.79 Å². The lowest BCUT2D eigenvalue weighted by molar-refractivity contribution is 0.102. The van der Waals surface area contributed by atoms with Crippen molar-refractivity contribution in [3.8, 4) is 0 Å². The Morgan fingerprint density at radius 3 is 2.50 bits per heavy atom. The fourth-order valence-corrected chi connectivity index (χ4v) is 2.48. The maximum absolute atomic E-state index is 12.2. The molecule has 2 rings (SSSR count). The molecule has 0 atom stereocenters.